The minimum Gasteiger partial charge on any atom is -0.328 e. The van der Waals surface area contributed by atoms with Crippen molar-refractivity contribution in [2.75, 3.05) is 0 Å². The molecule has 2 heterocycles. The number of fused-ring (bicyclic) bond motifs is 1. The van der Waals surface area contributed by atoms with Gasteiger partial charge < -0.3 is 10.3 Å². The van der Waals surface area contributed by atoms with E-state index in [-0.39, 0.29) is 6.04 Å². The highest BCUT2D eigenvalue weighted by atomic mass is 15.1. The highest BCUT2D eigenvalue weighted by Crippen LogP contribution is 2.17. The lowest BCUT2D eigenvalue weighted by molar-refractivity contribution is 0.608. The monoisotopic (exact) mass is 280 g/mol. The summed E-state index contributed by atoms with van der Waals surface area (Å²) in [4.78, 5) is 8.87. The van der Waals surface area contributed by atoms with Crippen LogP contribution in [0.25, 0.3) is 11.0 Å². The number of para-hydroxylation sites is 2. The fourth-order valence-electron chi connectivity index (χ4n) is 2.76. The lowest BCUT2D eigenvalue weighted by atomic mass is 10.1. The summed E-state index contributed by atoms with van der Waals surface area (Å²) < 4.78 is 2.25. The van der Waals surface area contributed by atoms with Crippen LogP contribution in [0.4, 0.5) is 0 Å². The zero-order valence-corrected chi connectivity index (χ0v) is 12.2. The van der Waals surface area contributed by atoms with Gasteiger partial charge in [0.1, 0.15) is 5.82 Å². The fourth-order valence-corrected chi connectivity index (χ4v) is 2.76. The maximum atomic E-state index is 6.30. The van der Waals surface area contributed by atoms with Crippen LogP contribution in [0, 0.1) is 0 Å². The molecule has 1 aromatic carbocycles. The molecule has 3 rings (SSSR count). The van der Waals surface area contributed by atoms with Crippen LogP contribution in [0.15, 0.2) is 48.8 Å². The van der Waals surface area contributed by atoms with Crippen molar-refractivity contribution in [3.8, 4) is 0 Å². The Morgan fingerprint density at radius 1 is 1.14 bits per heavy atom. The molecule has 0 amide bonds. The van der Waals surface area contributed by atoms with Gasteiger partial charge in [0.2, 0.25) is 0 Å². The number of hydrogen-bond acceptors (Lipinski definition) is 3. The van der Waals surface area contributed by atoms with E-state index in [0.29, 0.717) is 0 Å². The minimum atomic E-state index is 0.0521. The predicted octanol–water partition coefficient (Wildman–Crippen LogP) is 2.56. The molecular weight excluding hydrogens is 260 g/mol. The zero-order chi connectivity index (χ0) is 14.7. The van der Waals surface area contributed by atoms with E-state index in [9.17, 15) is 0 Å². The van der Waals surface area contributed by atoms with E-state index >= 15 is 0 Å². The second kappa shape index (κ2) is 6.06. The van der Waals surface area contributed by atoms with Gasteiger partial charge in [-0.2, -0.15) is 0 Å². The van der Waals surface area contributed by atoms with Crippen LogP contribution in [0.5, 0.6) is 0 Å². The molecule has 1 unspecified atom stereocenters. The lowest BCUT2D eigenvalue weighted by Gasteiger charge is -2.12. The number of pyridine rings is 1. The first-order chi connectivity index (χ1) is 10.3. The van der Waals surface area contributed by atoms with Crippen molar-refractivity contribution in [1.29, 1.82) is 0 Å². The van der Waals surface area contributed by atoms with Crippen molar-refractivity contribution < 1.29 is 0 Å². The van der Waals surface area contributed by atoms with E-state index in [1.54, 1.807) is 6.20 Å². The van der Waals surface area contributed by atoms with Crippen LogP contribution in [0.2, 0.25) is 0 Å². The van der Waals surface area contributed by atoms with E-state index in [1.807, 2.05) is 18.3 Å². The molecule has 0 aliphatic carbocycles. The number of hydrogen-bond donors (Lipinski definition) is 1. The molecule has 4 nitrogen and oxygen atoms in total. The summed E-state index contributed by atoms with van der Waals surface area (Å²) in [6.45, 7) is 3.06. The Bertz CT molecular complexity index is 718. The summed E-state index contributed by atoms with van der Waals surface area (Å²) in [5.74, 6) is 1.06. The molecule has 0 fully saturated rings. The van der Waals surface area contributed by atoms with Crippen LogP contribution in [-0.2, 0) is 19.4 Å². The van der Waals surface area contributed by atoms with Gasteiger partial charge >= 0.3 is 0 Å². The van der Waals surface area contributed by atoms with Gasteiger partial charge in [0.25, 0.3) is 0 Å². The molecule has 0 saturated heterocycles. The van der Waals surface area contributed by atoms with Crippen LogP contribution >= 0.6 is 0 Å². The lowest BCUT2D eigenvalue weighted by Crippen LogP contribution is -2.27. The third kappa shape index (κ3) is 2.95. The molecule has 0 bridgehead atoms. The first kappa shape index (κ1) is 13.8. The minimum absolute atomic E-state index is 0.0521. The standard InChI is InChI=1S/C17H20N4/c1-2-21-16-8-4-3-7-15(16)20-17(21)11-14(18)10-13-6-5-9-19-12-13/h3-9,12,14H,2,10-11,18H2,1H3. The van der Waals surface area contributed by atoms with Crippen LogP contribution in [-0.4, -0.2) is 20.6 Å². The Kier molecular flexibility index (Phi) is 3.97. The van der Waals surface area contributed by atoms with Gasteiger partial charge in [-0.25, -0.2) is 4.98 Å². The van der Waals surface area contributed by atoms with E-state index in [2.05, 4.69) is 40.7 Å². The van der Waals surface area contributed by atoms with Crippen molar-refractivity contribution >= 4 is 11.0 Å². The quantitative estimate of drug-likeness (QED) is 0.781. The molecule has 108 valence electrons. The molecule has 2 N–H and O–H groups in total. The third-order valence-electron chi connectivity index (χ3n) is 3.72. The van der Waals surface area contributed by atoms with Gasteiger partial charge in [0.15, 0.2) is 0 Å². The number of nitrogens with zero attached hydrogens (tertiary/aromatic N) is 3. The second-order valence-electron chi connectivity index (χ2n) is 5.29. The molecule has 0 aliphatic rings. The normalized spacial score (nSPS) is 12.7. The number of rotatable bonds is 5. The SMILES string of the molecule is CCn1c(CC(N)Cc2cccnc2)nc2ccccc21. The predicted molar refractivity (Wildman–Crippen MR) is 85.0 cm³/mol. The third-order valence-corrected chi connectivity index (χ3v) is 3.72. The molecule has 0 saturated carbocycles. The van der Waals surface area contributed by atoms with E-state index in [0.717, 1.165) is 30.7 Å². The second-order valence-corrected chi connectivity index (χ2v) is 5.29. The molecule has 21 heavy (non-hydrogen) atoms. The highest BCUT2D eigenvalue weighted by molar-refractivity contribution is 5.75. The van der Waals surface area contributed by atoms with Crippen molar-refractivity contribution in [2.24, 2.45) is 5.73 Å². The number of benzene rings is 1. The summed E-state index contributed by atoms with van der Waals surface area (Å²) in [7, 11) is 0. The van der Waals surface area contributed by atoms with Crippen LogP contribution in [0.3, 0.4) is 0 Å². The summed E-state index contributed by atoms with van der Waals surface area (Å²) in [5, 5.41) is 0. The topological polar surface area (TPSA) is 56.7 Å². The highest BCUT2D eigenvalue weighted by Gasteiger charge is 2.13. The summed E-state index contributed by atoms with van der Waals surface area (Å²) in [6, 6.07) is 12.3. The first-order valence-corrected chi connectivity index (χ1v) is 7.36. The van der Waals surface area contributed by atoms with Gasteiger partial charge in [-0.1, -0.05) is 18.2 Å². The molecule has 1 atom stereocenters. The molecule has 4 heteroatoms. The molecule has 3 aromatic rings. The van der Waals surface area contributed by atoms with Crippen molar-refractivity contribution in [3.63, 3.8) is 0 Å². The van der Waals surface area contributed by atoms with Crippen LogP contribution < -0.4 is 5.73 Å². The van der Waals surface area contributed by atoms with Gasteiger partial charge in [-0.3, -0.25) is 4.98 Å². The smallest absolute Gasteiger partial charge is 0.111 e. The molecule has 0 radical (unpaired) electrons. The van der Waals surface area contributed by atoms with Gasteiger partial charge in [0, 0.05) is 31.4 Å². The number of nitrogens with two attached hydrogens (primary N) is 1. The Hall–Kier alpha value is -2.20. The summed E-state index contributed by atoms with van der Waals surface area (Å²) in [5.41, 5.74) is 9.70. The van der Waals surface area contributed by atoms with E-state index in [1.165, 1.54) is 11.1 Å². The fraction of sp³-hybridized carbons (Fsp3) is 0.294. The Labute approximate surface area is 124 Å². The number of imidazole rings is 1. The molecule has 2 aromatic heterocycles. The largest absolute Gasteiger partial charge is 0.328 e. The molecule has 0 spiro atoms. The summed E-state index contributed by atoms with van der Waals surface area (Å²) >= 11 is 0. The van der Waals surface area contributed by atoms with Gasteiger partial charge in [-0.05, 0) is 37.1 Å². The van der Waals surface area contributed by atoms with Gasteiger partial charge in [-0.15, -0.1) is 0 Å². The average molecular weight is 280 g/mol. The maximum Gasteiger partial charge on any atom is 0.111 e. The first-order valence-electron chi connectivity index (χ1n) is 7.36. The zero-order valence-electron chi connectivity index (χ0n) is 12.2. The van der Waals surface area contributed by atoms with E-state index < -0.39 is 0 Å². The molecular formula is C17H20N4. The van der Waals surface area contributed by atoms with Crippen molar-refractivity contribution in [3.05, 3.63) is 60.2 Å². The Morgan fingerprint density at radius 2 is 2.00 bits per heavy atom. The Balaban J connectivity index is 1.81. The number of aryl methyl sites for hydroxylation is 1. The van der Waals surface area contributed by atoms with Crippen LogP contribution in [0.1, 0.15) is 18.3 Å². The molecule has 0 aliphatic heterocycles. The van der Waals surface area contributed by atoms with Crippen molar-refractivity contribution in [2.45, 2.75) is 32.4 Å². The Morgan fingerprint density at radius 3 is 2.76 bits per heavy atom. The van der Waals surface area contributed by atoms with Gasteiger partial charge in [0.05, 0.1) is 11.0 Å². The maximum absolute atomic E-state index is 6.30. The number of aromatic nitrogens is 3. The summed E-state index contributed by atoms with van der Waals surface area (Å²) in [6.07, 6.45) is 5.26. The van der Waals surface area contributed by atoms with Crippen molar-refractivity contribution in [1.82, 2.24) is 14.5 Å². The van der Waals surface area contributed by atoms with E-state index in [4.69, 9.17) is 10.7 Å². The average Bonchev–Trinajstić information content (AvgIpc) is 2.85.